The van der Waals surface area contributed by atoms with E-state index in [9.17, 15) is 5.11 Å². The van der Waals surface area contributed by atoms with Gasteiger partial charge in [-0.25, -0.2) is 0 Å². The highest BCUT2D eigenvalue weighted by Crippen LogP contribution is 2.26. The molecule has 0 atom stereocenters. The van der Waals surface area contributed by atoms with E-state index >= 15 is 0 Å². The van der Waals surface area contributed by atoms with Gasteiger partial charge in [-0.15, -0.1) is 0 Å². The molecule has 1 aromatic rings. The predicted octanol–water partition coefficient (Wildman–Crippen LogP) is 3.42. The zero-order valence-electron chi connectivity index (χ0n) is 7.39. The number of aromatic hydroxyl groups is 1. The van der Waals surface area contributed by atoms with E-state index < -0.39 is 0 Å². The molecule has 1 aromatic carbocycles. The van der Waals surface area contributed by atoms with E-state index in [1.165, 1.54) is 5.56 Å². The summed E-state index contributed by atoms with van der Waals surface area (Å²) in [5, 5.41) is 9.43. The zero-order valence-corrected chi connectivity index (χ0v) is 8.98. The lowest BCUT2D eigenvalue weighted by molar-refractivity contribution is 0.470. The molecule has 1 nitrogen and oxygen atoms in total. The maximum atomic E-state index is 9.43. The van der Waals surface area contributed by atoms with Crippen LogP contribution in [0.3, 0.4) is 0 Å². The molecule has 0 spiro atoms. The van der Waals surface area contributed by atoms with E-state index in [-0.39, 0.29) is 0 Å². The minimum absolute atomic E-state index is 0.390. The number of hydrogen-bond donors (Lipinski definition) is 1. The van der Waals surface area contributed by atoms with Crippen molar-refractivity contribution in [1.29, 1.82) is 0 Å². The SMILES string of the molecule is CCCc1cc(O)c(C)cc1Br. The molecule has 2 heteroatoms. The molecule has 0 unspecified atom stereocenters. The van der Waals surface area contributed by atoms with Crippen LogP contribution in [-0.2, 0) is 6.42 Å². The van der Waals surface area contributed by atoms with E-state index in [1.54, 1.807) is 0 Å². The van der Waals surface area contributed by atoms with Gasteiger partial charge in [0.1, 0.15) is 5.75 Å². The first-order valence-corrected chi connectivity index (χ1v) is 4.92. The van der Waals surface area contributed by atoms with Crippen LogP contribution in [-0.4, -0.2) is 5.11 Å². The van der Waals surface area contributed by atoms with Crippen LogP contribution in [0.15, 0.2) is 16.6 Å². The molecule has 0 aliphatic carbocycles. The number of hydrogen-bond acceptors (Lipinski definition) is 1. The minimum atomic E-state index is 0.390. The fourth-order valence-corrected chi connectivity index (χ4v) is 1.82. The van der Waals surface area contributed by atoms with Crippen LogP contribution >= 0.6 is 15.9 Å². The molecule has 66 valence electrons. The Morgan fingerprint density at radius 1 is 1.42 bits per heavy atom. The van der Waals surface area contributed by atoms with Crippen molar-refractivity contribution in [2.45, 2.75) is 26.7 Å². The van der Waals surface area contributed by atoms with Gasteiger partial charge in [0.05, 0.1) is 0 Å². The Morgan fingerprint density at radius 2 is 2.08 bits per heavy atom. The number of phenols is 1. The molecule has 0 fully saturated rings. The molecule has 0 radical (unpaired) electrons. The van der Waals surface area contributed by atoms with Gasteiger partial charge >= 0.3 is 0 Å². The van der Waals surface area contributed by atoms with Gasteiger partial charge in [-0.05, 0) is 36.6 Å². The van der Waals surface area contributed by atoms with E-state index in [0.717, 1.165) is 22.9 Å². The van der Waals surface area contributed by atoms with Gasteiger partial charge in [0, 0.05) is 4.47 Å². The Labute approximate surface area is 81.6 Å². The van der Waals surface area contributed by atoms with E-state index in [0.29, 0.717) is 5.75 Å². The third-order valence-electron chi connectivity index (χ3n) is 1.88. The lowest BCUT2D eigenvalue weighted by Crippen LogP contribution is -1.86. The second kappa shape index (κ2) is 3.94. The average Bonchev–Trinajstić information content (AvgIpc) is 2.01. The summed E-state index contributed by atoms with van der Waals surface area (Å²) in [7, 11) is 0. The number of aryl methyl sites for hydroxylation is 2. The summed E-state index contributed by atoms with van der Waals surface area (Å²) >= 11 is 3.47. The van der Waals surface area contributed by atoms with Crippen LogP contribution < -0.4 is 0 Å². The van der Waals surface area contributed by atoms with Crippen molar-refractivity contribution in [2.24, 2.45) is 0 Å². The molecule has 1 N–H and O–H groups in total. The third-order valence-corrected chi connectivity index (χ3v) is 2.62. The molecule has 0 bridgehead atoms. The maximum absolute atomic E-state index is 9.43. The van der Waals surface area contributed by atoms with Crippen molar-refractivity contribution in [1.82, 2.24) is 0 Å². The highest BCUT2D eigenvalue weighted by atomic mass is 79.9. The number of rotatable bonds is 2. The average molecular weight is 229 g/mol. The van der Waals surface area contributed by atoms with Crippen molar-refractivity contribution in [3.63, 3.8) is 0 Å². The fourth-order valence-electron chi connectivity index (χ4n) is 1.17. The van der Waals surface area contributed by atoms with Gasteiger partial charge in [-0.1, -0.05) is 29.3 Å². The normalized spacial score (nSPS) is 10.2. The fraction of sp³-hybridized carbons (Fsp3) is 0.400. The summed E-state index contributed by atoms with van der Waals surface area (Å²) in [6.07, 6.45) is 2.11. The summed E-state index contributed by atoms with van der Waals surface area (Å²) in [5.41, 5.74) is 2.10. The molecule has 1 rings (SSSR count). The van der Waals surface area contributed by atoms with Crippen molar-refractivity contribution in [3.8, 4) is 5.75 Å². The van der Waals surface area contributed by atoms with E-state index in [2.05, 4.69) is 22.9 Å². The molecule has 0 saturated carbocycles. The molecule has 0 heterocycles. The van der Waals surface area contributed by atoms with Crippen LogP contribution in [0.1, 0.15) is 24.5 Å². The summed E-state index contributed by atoms with van der Waals surface area (Å²) < 4.78 is 1.10. The highest BCUT2D eigenvalue weighted by molar-refractivity contribution is 9.10. The van der Waals surface area contributed by atoms with Gasteiger partial charge in [0.15, 0.2) is 0 Å². The molecule has 12 heavy (non-hydrogen) atoms. The Morgan fingerprint density at radius 3 is 2.67 bits per heavy atom. The van der Waals surface area contributed by atoms with Gasteiger partial charge in [0.2, 0.25) is 0 Å². The van der Waals surface area contributed by atoms with Gasteiger partial charge < -0.3 is 5.11 Å². The topological polar surface area (TPSA) is 20.2 Å². The molecule has 0 amide bonds. The third kappa shape index (κ3) is 2.01. The Kier molecular flexibility index (Phi) is 3.15. The summed E-state index contributed by atoms with van der Waals surface area (Å²) in [6, 6.07) is 3.79. The van der Waals surface area contributed by atoms with Crippen LogP contribution in [0.4, 0.5) is 0 Å². The standard InChI is InChI=1S/C10H13BrO/c1-3-4-8-6-10(12)7(2)5-9(8)11/h5-6,12H,3-4H2,1-2H3. The summed E-state index contributed by atoms with van der Waals surface area (Å²) in [5.74, 6) is 0.390. The molecule has 0 aliphatic heterocycles. The Balaban J connectivity index is 3.05. The predicted molar refractivity (Wildman–Crippen MR) is 54.5 cm³/mol. The number of phenolic OH excluding ortho intramolecular Hbond substituents is 1. The lowest BCUT2D eigenvalue weighted by Gasteiger charge is -2.05. The molecule has 0 aromatic heterocycles. The first kappa shape index (κ1) is 9.59. The molecule has 0 aliphatic rings. The van der Waals surface area contributed by atoms with Crippen molar-refractivity contribution < 1.29 is 5.11 Å². The second-order valence-electron chi connectivity index (χ2n) is 2.98. The molecule has 0 saturated heterocycles. The highest BCUT2D eigenvalue weighted by Gasteiger charge is 2.02. The van der Waals surface area contributed by atoms with Gasteiger partial charge in [-0.2, -0.15) is 0 Å². The number of benzene rings is 1. The smallest absolute Gasteiger partial charge is 0.118 e. The first-order chi connectivity index (χ1) is 5.65. The largest absolute Gasteiger partial charge is 0.508 e. The van der Waals surface area contributed by atoms with Gasteiger partial charge in [-0.3, -0.25) is 0 Å². The molecular weight excluding hydrogens is 216 g/mol. The van der Waals surface area contributed by atoms with E-state index in [4.69, 9.17) is 0 Å². The number of halogens is 1. The van der Waals surface area contributed by atoms with Crippen LogP contribution in [0.2, 0.25) is 0 Å². The summed E-state index contributed by atoms with van der Waals surface area (Å²) in [4.78, 5) is 0. The van der Waals surface area contributed by atoms with Crippen molar-refractivity contribution in [2.75, 3.05) is 0 Å². The van der Waals surface area contributed by atoms with Gasteiger partial charge in [0.25, 0.3) is 0 Å². The molecular formula is C10H13BrO. The second-order valence-corrected chi connectivity index (χ2v) is 3.83. The minimum Gasteiger partial charge on any atom is -0.508 e. The van der Waals surface area contributed by atoms with Crippen LogP contribution in [0.25, 0.3) is 0 Å². The summed E-state index contributed by atoms with van der Waals surface area (Å²) in [6.45, 7) is 4.03. The van der Waals surface area contributed by atoms with Crippen molar-refractivity contribution in [3.05, 3.63) is 27.7 Å². The van der Waals surface area contributed by atoms with Crippen molar-refractivity contribution >= 4 is 15.9 Å². The van der Waals surface area contributed by atoms with Crippen LogP contribution in [0.5, 0.6) is 5.75 Å². The van der Waals surface area contributed by atoms with Crippen LogP contribution in [0, 0.1) is 6.92 Å². The lowest BCUT2D eigenvalue weighted by atomic mass is 10.1. The maximum Gasteiger partial charge on any atom is 0.118 e. The van der Waals surface area contributed by atoms with E-state index in [1.807, 2.05) is 19.1 Å². The quantitative estimate of drug-likeness (QED) is 0.823. The Bertz CT molecular complexity index is 281. The first-order valence-electron chi connectivity index (χ1n) is 4.13. The zero-order chi connectivity index (χ0) is 9.14. The monoisotopic (exact) mass is 228 g/mol. The Hall–Kier alpha value is -0.500.